The van der Waals surface area contributed by atoms with E-state index in [0.717, 1.165) is 22.4 Å². The molecule has 0 saturated heterocycles. The maximum atomic E-state index is 11.9. The van der Waals surface area contributed by atoms with E-state index in [-0.39, 0.29) is 6.10 Å². The predicted octanol–water partition coefficient (Wildman–Crippen LogP) is 0.474. The minimum atomic E-state index is -3.43. The van der Waals surface area contributed by atoms with Crippen LogP contribution in [0.3, 0.4) is 0 Å². The monoisotopic (exact) mass is 270 g/mol. The molecule has 0 aromatic heterocycles. The summed E-state index contributed by atoms with van der Waals surface area (Å²) < 4.78 is 32.0. The zero-order chi connectivity index (χ0) is 13.5. The van der Waals surface area contributed by atoms with E-state index in [1.807, 2.05) is 6.92 Å². The topological polar surface area (TPSA) is 81.4 Å². The fraction of sp³-hybridized carbons (Fsp3) is 0.500. The van der Waals surface area contributed by atoms with Gasteiger partial charge in [-0.05, 0) is 43.7 Å². The SMILES string of the molecule is CNS(=O)(=O)c1cc2c(c(C)c1C)OC(CN)C2. The Hall–Kier alpha value is -1.11. The van der Waals surface area contributed by atoms with Gasteiger partial charge in [0.15, 0.2) is 0 Å². The highest BCUT2D eigenvalue weighted by molar-refractivity contribution is 7.89. The first-order valence-corrected chi connectivity index (χ1v) is 7.32. The normalized spacial score (nSPS) is 18.6. The quantitative estimate of drug-likeness (QED) is 0.836. The van der Waals surface area contributed by atoms with Gasteiger partial charge in [-0.1, -0.05) is 0 Å². The van der Waals surface area contributed by atoms with Crippen LogP contribution in [0, 0.1) is 13.8 Å². The van der Waals surface area contributed by atoms with Crippen LogP contribution >= 0.6 is 0 Å². The van der Waals surface area contributed by atoms with Crippen LogP contribution in [0.15, 0.2) is 11.0 Å². The Balaban J connectivity index is 2.59. The predicted molar refractivity (Wildman–Crippen MR) is 69.3 cm³/mol. The van der Waals surface area contributed by atoms with Gasteiger partial charge in [-0.3, -0.25) is 0 Å². The molecule has 0 bridgehead atoms. The highest BCUT2D eigenvalue weighted by Gasteiger charge is 2.28. The van der Waals surface area contributed by atoms with Crippen LogP contribution in [0.25, 0.3) is 0 Å². The van der Waals surface area contributed by atoms with E-state index in [2.05, 4.69) is 4.72 Å². The van der Waals surface area contributed by atoms with Gasteiger partial charge in [-0.2, -0.15) is 0 Å². The second-order valence-corrected chi connectivity index (χ2v) is 6.36. The number of sulfonamides is 1. The maximum absolute atomic E-state index is 11.9. The fourth-order valence-corrected chi connectivity index (χ4v) is 3.29. The molecule has 6 heteroatoms. The molecular weight excluding hydrogens is 252 g/mol. The van der Waals surface area contributed by atoms with Gasteiger partial charge < -0.3 is 10.5 Å². The molecule has 0 saturated carbocycles. The third kappa shape index (κ3) is 2.00. The van der Waals surface area contributed by atoms with Gasteiger partial charge in [-0.25, -0.2) is 13.1 Å². The van der Waals surface area contributed by atoms with Crippen molar-refractivity contribution in [3.05, 3.63) is 22.8 Å². The Morgan fingerprint density at radius 1 is 1.44 bits per heavy atom. The Morgan fingerprint density at radius 2 is 2.11 bits per heavy atom. The van der Waals surface area contributed by atoms with E-state index >= 15 is 0 Å². The Kier molecular flexibility index (Phi) is 3.35. The second-order valence-electron chi connectivity index (χ2n) is 4.50. The smallest absolute Gasteiger partial charge is 0.240 e. The number of hydrogen-bond donors (Lipinski definition) is 2. The van der Waals surface area contributed by atoms with E-state index in [1.165, 1.54) is 7.05 Å². The molecule has 0 spiro atoms. The molecule has 1 unspecified atom stereocenters. The number of hydrogen-bond acceptors (Lipinski definition) is 4. The highest BCUT2D eigenvalue weighted by Crippen LogP contribution is 2.37. The molecule has 18 heavy (non-hydrogen) atoms. The van der Waals surface area contributed by atoms with Crippen molar-refractivity contribution in [2.24, 2.45) is 5.73 Å². The third-order valence-corrected chi connectivity index (χ3v) is 4.96. The van der Waals surface area contributed by atoms with Gasteiger partial charge in [0, 0.05) is 13.0 Å². The molecule has 5 nitrogen and oxygen atoms in total. The zero-order valence-corrected chi connectivity index (χ0v) is 11.6. The molecule has 1 atom stereocenters. The van der Waals surface area contributed by atoms with Crippen molar-refractivity contribution < 1.29 is 13.2 Å². The Bertz CT molecular complexity index is 581. The lowest BCUT2D eigenvalue weighted by Crippen LogP contribution is -2.24. The zero-order valence-electron chi connectivity index (χ0n) is 10.8. The molecule has 0 radical (unpaired) electrons. The van der Waals surface area contributed by atoms with Crippen molar-refractivity contribution in [2.75, 3.05) is 13.6 Å². The van der Waals surface area contributed by atoms with E-state index in [9.17, 15) is 8.42 Å². The third-order valence-electron chi connectivity index (χ3n) is 3.42. The lowest BCUT2D eigenvalue weighted by atomic mass is 10.0. The van der Waals surface area contributed by atoms with Gasteiger partial charge in [0.25, 0.3) is 0 Å². The van der Waals surface area contributed by atoms with E-state index < -0.39 is 10.0 Å². The van der Waals surface area contributed by atoms with Gasteiger partial charge in [0.05, 0.1) is 4.90 Å². The van der Waals surface area contributed by atoms with Crippen molar-refractivity contribution >= 4 is 10.0 Å². The van der Waals surface area contributed by atoms with Crippen molar-refractivity contribution in [3.63, 3.8) is 0 Å². The molecule has 1 aromatic carbocycles. The largest absolute Gasteiger partial charge is 0.488 e. The molecule has 0 amide bonds. The summed E-state index contributed by atoms with van der Waals surface area (Å²) in [4.78, 5) is 0.322. The van der Waals surface area contributed by atoms with Gasteiger partial charge in [0.2, 0.25) is 10.0 Å². The van der Waals surface area contributed by atoms with E-state index in [1.54, 1.807) is 13.0 Å². The Labute approximate surface area is 107 Å². The lowest BCUT2D eigenvalue weighted by molar-refractivity contribution is 0.240. The number of ether oxygens (including phenoxy) is 1. The fourth-order valence-electron chi connectivity index (χ4n) is 2.22. The first-order chi connectivity index (χ1) is 8.40. The summed E-state index contributed by atoms with van der Waals surface area (Å²) in [5.41, 5.74) is 8.11. The molecule has 1 aromatic rings. The van der Waals surface area contributed by atoms with E-state index in [0.29, 0.717) is 17.9 Å². The minimum Gasteiger partial charge on any atom is -0.488 e. The molecule has 2 rings (SSSR count). The van der Waals surface area contributed by atoms with Gasteiger partial charge >= 0.3 is 0 Å². The van der Waals surface area contributed by atoms with Crippen molar-refractivity contribution in [2.45, 2.75) is 31.3 Å². The lowest BCUT2D eigenvalue weighted by Gasteiger charge is -2.13. The standard InChI is InChI=1S/C12H18N2O3S/c1-7-8(2)12-9(4-10(6-13)17-12)5-11(7)18(15,16)14-3/h5,10,14H,4,6,13H2,1-3H3. The average molecular weight is 270 g/mol. The molecular formula is C12H18N2O3S. The second kappa shape index (κ2) is 4.53. The van der Waals surface area contributed by atoms with Crippen LogP contribution in [0.4, 0.5) is 0 Å². The summed E-state index contributed by atoms with van der Waals surface area (Å²) in [6, 6.07) is 1.69. The first kappa shape index (κ1) is 13.3. The van der Waals surface area contributed by atoms with Crippen LogP contribution in [0.2, 0.25) is 0 Å². The number of fused-ring (bicyclic) bond motifs is 1. The molecule has 1 heterocycles. The van der Waals surface area contributed by atoms with Crippen LogP contribution in [0.1, 0.15) is 16.7 Å². The molecule has 100 valence electrons. The molecule has 3 N–H and O–H groups in total. The van der Waals surface area contributed by atoms with Crippen LogP contribution in [-0.4, -0.2) is 28.1 Å². The average Bonchev–Trinajstić information content (AvgIpc) is 2.77. The number of benzene rings is 1. The van der Waals surface area contributed by atoms with E-state index in [4.69, 9.17) is 10.5 Å². The number of rotatable bonds is 3. The summed E-state index contributed by atoms with van der Waals surface area (Å²) in [7, 11) is -2.02. The maximum Gasteiger partial charge on any atom is 0.240 e. The molecule has 1 aliphatic rings. The van der Waals surface area contributed by atoms with Crippen molar-refractivity contribution in [1.29, 1.82) is 0 Å². The summed E-state index contributed by atoms with van der Waals surface area (Å²) in [6.07, 6.45) is 0.616. The minimum absolute atomic E-state index is 0.0503. The summed E-state index contributed by atoms with van der Waals surface area (Å²) in [6.45, 7) is 4.10. The van der Waals surface area contributed by atoms with Crippen molar-refractivity contribution in [1.82, 2.24) is 4.72 Å². The van der Waals surface area contributed by atoms with Gasteiger partial charge in [0.1, 0.15) is 11.9 Å². The Morgan fingerprint density at radius 3 is 2.67 bits per heavy atom. The molecule has 0 fully saturated rings. The highest BCUT2D eigenvalue weighted by atomic mass is 32.2. The number of nitrogens with one attached hydrogen (secondary N) is 1. The van der Waals surface area contributed by atoms with Crippen LogP contribution in [-0.2, 0) is 16.4 Å². The van der Waals surface area contributed by atoms with Crippen LogP contribution < -0.4 is 15.2 Å². The van der Waals surface area contributed by atoms with Crippen LogP contribution in [0.5, 0.6) is 5.75 Å². The van der Waals surface area contributed by atoms with Gasteiger partial charge in [-0.15, -0.1) is 0 Å². The summed E-state index contributed by atoms with van der Waals surface area (Å²) in [5.74, 6) is 0.790. The summed E-state index contributed by atoms with van der Waals surface area (Å²) >= 11 is 0. The van der Waals surface area contributed by atoms with Crippen molar-refractivity contribution in [3.8, 4) is 5.75 Å². The molecule has 1 aliphatic heterocycles. The molecule has 0 aliphatic carbocycles. The summed E-state index contributed by atoms with van der Waals surface area (Å²) in [5, 5.41) is 0. The first-order valence-electron chi connectivity index (χ1n) is 5.84. The number of nitrogens with two attached hydrogens (primary N) is 1.